The summed E-state index contributed by atoms with van der Waals surface area (Å²) < 4.78 is 44.2. The van der Waals surface area contributed by atoms with Gasteiger partial charge in [0.1, 0.15) is 11.4 Å². The number of hydrogen-bond acceptors (Lipinski definition) is 3. The van der Waals surface area contributed by atoms with E-state index in [1.54, 1.807) is 42.1 Å². The number of imidazole rings is 1. The molecule has 0 bridgehead atoms. The molecule has 2 aromatic carbocycles. The van der Waals surface area contributed by atoms with Gasteiger partial charge in [0.25, 0.3) is 0 Å². The average Bonchev–Trinajstić information content (AvgIpc) is 3.19. The standard InChI is InChI=1S/C22H20ClF3N4O.Na/c1-21(2,3)19-17(23)18(30(4)29-19)20-27-14-10-9-12(11-15(14)28-20)13-7-5-6-8-16(13)31-22(24,25)26;/h5-11H,1-4H3,(H,27,28);. The Kier molecular flexibility index (Phi) is 6.73. The average molecular weight is 472 g/mol. The van der Waals surface area contributed by atoms with Crippen LogP contribution in [0.1, 0.15) is 26.5 Å². The molecule has 0 aliphatic rings. The first-order valence-electron chi connectivity index (χ1n) is 9.52. The third-order valence-corrected chi connectivity index (χ3v) is 5.19. The van der Waals surface area contributed by atoms with Crippen LogP contribution in [0.5, 0.6) is 5.75 Å². The van der Waals surface area contributed by atoms with E-state index in [1.807, 2.05) is 20.8 Å². The SMILES string of the molecule is Cn1nc(C(C)(C)C)c(Cl)c1-c1nc2cc(-c3ccccc3OC(F)(F)F)ccc2[nH]1.[Na]. The number of rotatable bonds is 3. The van der Waals surface area contributed by atoms with Crippen molar-refractivity contribution in [2.75, 3.05) is 0 Å². The minimum Gasteiger partial charge on any atom is -0.405 e. The zero-order valence-corrected chi connectivity index (χ0v) is 21.1. The molecule has 1 radical (unpaired) electrons. The molecule has 32 heavy (non-hydrogen) atoms. The van der Waals surface area contributed by atoms with Gasteiger partial charge in [0.15, 0.2) is 5.82 Å². The number of benzene rings is 2. The predicted octanol–water partition coefficient (Wildman–Crippen LogP) is 6.10. The number of para-hydroxylation sites is 1. The zero-order valence-electron chi connectivity index (χ0n) is 18.3. The van der Waals surface area contributed by atoms with E-state index in [4.69, 9.17) is 11.6 Å². The molecule has 2 aromatic heterocycles. The molecule has 163 valence electrons. The fourth-order valence-corrected chi connectivity index (χ4v) is 3.97. The van der Waals surface area contributed by atoms with Crippen LogP contribution in [0.3, 0.4) is 0 Å². The number of alkyl halides is 3. The summed E-state index contributed by atoms with van der Waals surface area (Å²) in [5.74, 6) is 0.261. The van der Waals surface area contributed by atoms with Crippen LogP contribution in [0.4, 0.5) is 13.2 Å². The topological polar surface area (TPSA) is 55.7 Å². The molecule has 0 aliphatic carbocycles. The van der Waals surface area contributed by atoms with Gasteiger partial charge in [-0.3, -0.25) is 4.68 Å². The molecule has 5 nitrogen and oxygen atoms in total. The first kappa shape index (κ1) is 24.6. The molecular weight excluding hydrogens is 452 g/mol. The number of hydrogen-bond donors (Lipinski definition) is 1. The summed E-state index contributed by atoms with van der Waals surface area (Å²) in [6, 6.07) is 11.2. The van der Waals surface area contributed by atoms with Crippen molar-refractivity contribution in [1.82, 2.24) is 19.7 Å². The second kappa shape index (κ2) is 8.74. The minimum absolute atomic E-state index is 0. The summed E-state index contributed by atoms with van der Waals surface area (Å²) in [5, 5.41) is 5.05. The smallest absolute Gasteiger partial charge is 0.405 e. The molecule has 0 saturated carbocycles. The van der Waals surface area contributed by atoms with Gasteiger partial charge >= 0.3 is 6.36 Å². The normalized spacial score (nSPS) is 12.1. The van der Waals surface area contributed by atoms with E-state index in [2.05, 4.69) is 19.8 Å². The van der Waals surface area contributed by atoms with E-state index in [9.17, 15) is 13.2 Å². The van der Waals surface area contributed by atoms with Crippen molar-refractivity contribution in [3.8, 4) is 28.4 Å². The fourth-order valence-electron chi connectivity index (χ4n) is 3.44. The Morgan fingerprint density at radius 1 is 1.06 bits per heavy atom. The Morgan fingerprint density at radius 2 is 1.75 bits per heavy atom. The number of nitrogens with one attached hydrogen (secondary N) is 1. The zero-order chi connectivity index (χ0) is 22.6. The third-order valence-electron chi connectivity index (χ3n) is 4.83. The molecule has 0 aliphatic heterocycles. The van der Waals surface area contributed by atoms with Gasteiger partial charge in [-0.15, -0.1) is 13.2 Å². The molecule has 0 atom stereocenters. The van der Waals surface area contributed by atoms with E-state index < -0.39 is 6.36 Å². The van der Waals surface area contributed by atoms with Crippen LogP contribution in [0.25, 0.3) is 33.7 Å². The van der Waals surface area contributed by atoms with Crippen LogP contribution in [-0.4, -0.2) is 55.7 Å². The maximum absolute atomic E-state index is 12.8. The molecular formula is C22H20ClF3N4NaO. The second-order valence-corrected chi connectivity index (χ2v) is 8.62. The second-order valence-electron chi connectivity index (χ2n) is 8.25. The maximum atomic E-state index is 12.8. The largest absolute Gasteiger partial charge is 0.573 e. The monoisotopic (exact) mass is 471 g/mol. The van der Waals surface area contributed by atoms with Gasteiger partial charge in [-0.05, 0) is 23.8 Å². The summed E-state index contributed by atoms with van der Waals surface area (Å²) >= 11 is 6.62. The van der Waals surface area contributed by atoms with Gasteiger partial charge < -0.3 is 9.72 Å². The molecule has 4 rings (SSSR count). The summed E-state index contributed by atoms with van der Waals surface area (Å²) in [5.41, 5.74) is 3.34. The van der Waals surface area contributed by atoms with Crippen LogP contribution in [0.2, 0.25) is 5.02 Å². The number of halogens is 4. The van der Waals surface area contributed by atoms with Gasteiger partial charge in [0, 0.05) is 47.6 Å². The van der Waals surface area contributed by atoms with Crippen LogP contribution in [0, 0.1) is 0 Å². The number of ether oxygens (including phenoxy) is 1. The van der Waals surface area contributed by atoms with Crippen molar-refractivity contribution in [2.24, 2.45) is 7.05 Å². The van der Waals surface area contributed by atoms with E-state index in [0.29, 0.717) is 33.2 Å². The Hall–Kier alpha value is -2.00. The van der Waals surface area contributed by atoms with Gasteiger partial charge in [-0.25, -0.2) is 4.98 Å². The predicted molar refractivity (Wildman–Crippen MR) is 120 cm³/mol. The molecule has 1 N–H and O–H groups in total. The Morgan fingerprint density at radius 3 is 2.38 bits per heavy atom. The van der Waals surface area contributed by atoms with Gasteiger partial charge in [-0.2, -0.15) is 5.10 Å². The Balaban J connectivity index is 0.00000289. The van der Waals surface area contributed by atoms with Gasteiger partial charge in [0.05, 0.1) is 21.7 Å². The van der Waals surface area contributed by atoms with Crippen LogP contribution < -0.4 is 4.74 Å². The molecule has 0 amide bonds. The summed E-state index contributed by atoms with van der Waals surface area (Å²) in [6.45, 7) is 6.07. The molecule has 0 unspecified atom stereocenters. The fraction of sp³-hybridized carbons (Fsp3) is 0.273. The van der Waals surface area contributed by atoms with Crippen LogP contribution in [-0.2, 0) is 12.5 Å². The van der Waals surface area contributed by atoms with Crippen LogP contribution in [0.15, 0.2) is 42.5 Å². The number of H-pyrrole nitrogens is 1. The molecule has 0 fully saturated rings. The number of fused-ring (bicyclic) bond motifs is 1. The number of aromatic nitrogens is 4. The van der Waals surface area contributed by atoms with Gasteiger partial charge in [-0.1, -0.05) is 56.6 Å². The van der Waals surface area contributed by atoms with Gasteiger partial charge in [0.2, 0.25) is 0 Å². The Bertz CT molecular complexity index is 1270. The van der Waals surface area contributed by atoms with E-state index in [0.717, 1.165) is 11.2 Å². The first-order valence-corrected chi connectivity index (χ1v) is 9.90. The van der Waals surface area contributed by atoms with Crippen molar-refractivity contribution in [3.05, 3.63) is 53.2 Å². The van der Waals surface area contributed by atoms with E-state index in [1.165, 1.54) is 12.1 Å². The number of nitrogens with zero attached hydrogens (tertiary/aromatic N) is 3. The number of aromatic amines is 1. The van der Waals surface area contributed by atoms with Crippen molar-refractivity contribution in [1.29, 1.82) is 0 Å². The Labute approximate surface area is 210 Å². The minimum atomic E-state index is -4.78. The summed E-state index contributed by atoms with van der Waals surface area (Å²) in [6.07, 6.45) is -4.78. The van der Waals surface area contributed by atoms with Crippen molar-refractivity contribution in [2.45, 2.75) is 32.5 Å². The molecule has 0 spiro atoms. The van der Waals surface area contributed by atoms with E-state index >= 15 is 0 Å². The molecule has 0 saturated heterocycles. The van der Waals surface area contributed by atoms with Crippen molar-refractivity contribution >= 4 is 52.2 Å². The quantitative estimate of drug-likeness (QED) is 0.367. The molecule has 2 heterocycles. The number of aryl methyl sites for hydroxylation is 1. The van der Waals surface area contributed by atoms with Crippen molar-refractivity contribution in [3.63, 3.8) is 0 Å². The summed E-state index contributed by atoms with van der Waals surface area (Å²) in [7, 11) is 1.79. The van der Waals surface area contributed by atoms with Crippen LogP contribution >= 0.6 is 11.6 Å². The van der Waals surface area contributed by atoms with E-state index in [-0.39, 0.29) is 40.7 Å². The van der Waals surface area contributed by atoms with Crippen molar-refractivity contribution < 1.29 is 17.9 Å². The first-order chi connectivity index (χ1) is 14.4. The third kappa shape index (κ3) is 4.83. The summed E-state index contributed by atoms with van der Waals surface area (Å²) in [4.78, 5) is 7.85. The molecule has 4 aromatic rings. The molecule has 10 heteroatoms. The maximum Gasteiger partial charge on any atom is 0.573 e.